The quantitative estimate of drug-likeness (QED) is 0.702. The second kappa shape index (κ2) is 9.26. The van der Waals surface area contributed by atoms with Gasteiger partial charge in [0.25, 0.3) is 0 Å². The van der Waals surface area contributed by atoms with Gasteiger partial charge in [0.15, 0.2) is 0 Å². The summed E-state index contributed by atoms with van der Waals surface area (Å²) in [5.74, 6) is -0.683. The summed E-state index contributed by atoms with van der Waals surface area (Å²) in [5, 5.41) is 3.16. The highest BCUT2D eigenvalue weighted by atomic mass is 32.2. The summed E-state index contributed by atoms with van der Waals surface area (Å²) in [6, 6.07) is 4.73. The molecule has 0 saturated carbocycles. The number of unbranched alkanes of at least 4 members (excludes halogenated alkanes) is 2. The smallest absolute Gasteiger partial charge is 0.243 e. The van der Waals surface area contributed by atoms with Crippen LogP contribution < -0.4 is 5.32 Å². The topological polar surface area (TPSA) is 69.7 Å². The van der Waals surface area contributed by atoms with Crippen molar-refractivity contribution < 1.29 is 17.6 Å². The summed E-state index contributed by atoms with van der Waals surface area (Å²) in [4.78, 5) is 14.2. The van der Waals surface area contributed by atoms with E-state index in [4.69, 9.17) is 0 Å². The second-order valence-electron chi connectivity index (χ2n) is 6.13. The SMILES string of the molecule is CCCCCN(CC(=O)N1CCNCC1)S(=O)(=O)c1ccc(F)cc1. The van der Waals surface area contributed by atoms with Gasteiger partial charge in [-0.05, 0) is 30.7 Å². The van der Waals surface area contributed by atoms with Crippen molar-refractivity contribution in [2.75, 3.05) is 39.3 Å². The zero-order valence-electron chi connectivity index (χ0n) is 14.6. The number of hydrogen-bond acceptors (Lipinski definition) is 4. The van der Waals surface area contributed by atoms with Gasteiger partial charge in [0.1, 0.15) is 5.82 Å². The summed E-state index contributed by atoms with van der Waals surface area (Å²) in [7, 11) is -3.83. The van der Waals surface area contributed by atoms with E-state index in [9.17, 15) is 17.6 Å². The van der Waals surface area contributed by atoms with Crippen molar-refractivity contribution in [2.24, 2.45) is 0 Å². The monoisotopic (exact) mass is 371 g/mol. The van der Waals surface area contributed by atoms with Crippen LogP contribution >= 0.6 is 0 Å². The predicted octanol–water partition coefficient (Wildman–Crippen LogP) is 1.44. The van der Waals surface area contributed by atoms with Crippen molar-refractivity contribution in [2.45, 2.75) is 31.1 Å². The summed E-state index contributed by atoms with van der Waals surface area (Å²) in [6.45, 7) is 4.73. The molecule has 1 aliphatic rings. The van der Waals surface area contributed by atoms with Crippen LogP contribution in [0.1, 0.15) is 26.2 Å². The number of benzene rings is 1. The summed E-state index contributed by atoms with van der Waals surface area (Å²) >= 11 is 0. The van der Waals surface area contributed by atoms with E-state index >= 15 is 0 Å². The molecule has 1 aliphatic heterocycles. The average molecular weight is 371 g/mol. The van der Waals surface area contributed by atoms with E-state index in [0.717, 1.165) is 25.0 Å². The van der Waals surface area contributed by atoms with E-state index in [0.29, 0.717) is 32.6 Å². The molecule has 1 N–H and O–H groups in total. The number of sulfonamides is 1. The molecule has 1 fully saturated rings. The van der Waals surface area contributed by atoms with Gasteiger partial charge in [-0.1, -0.05) is 19.8 Å². The number of nitrogens with one attached hydrogen (secondary N) is 1. The third-order valence-electron chi connectivity index (χ3n) is 4.24. The van der Waals surface area contributed by atoms with Crippen LogP contribution in [-0.2, 0) is 14.8 Å². The van der Waals surface area contributed by atoms with E-state index < -0.39 is 15.8 Å². The first kappa shape index (κ1) is 19.8. The van der Waals surface area contributed by atoms with Crippen LogP contribution in [0, 0.1) is 5.82 Å². The molecular weight excluding hydrogens is 345 g/mol. The number of nitrogens with zero attached hydrogens (tertiary/aromatic N) is 2. The highest BCUT2D eigenvalue weighted by Gasteiger charge is 2.28. The van der Waals surface area contributed by atoms with Crippen LogP contribution in [0.2, 0.25) is 0 Å². The number of carbonyl (C=O) groups excluding carboxylic acids is 1. The maximum absolute atomic E-state index is 13.1. The van der Waals surface area contributed by atoms with Gasteiger partial charge in [0, 0.05) is 32.7 Å². The van der Waals surface area contributed by atoms with Crippen molar-refractivity contribution in [3.05, 3.63) is 30.1 Å². The first-order valence-corrected chi connectivity index (χ1v) is 10.1. The molecule has 25 heavy (non-hydrogen) atoms. The van der Waals surface area contributed by atoms with E-state index in [1.807, 2.05) is 6.92 Å². The summed E-state index contributed by atoms with van der Waals surface area (Å²) < 4.78 is 40.1. The van der Waals surface area contributed by atoms with E-state index in [-0.39, 0.29) is 23.9 Å². The van der Waals surface area contributed by atoms with E-state index in [2.05, 4.69) is 5.32 Å². The van der Waals surface area contributed by atoms with E-state index in [1.165, 1.54) is 16.4 Å². The molecule has 0 unspecified atom stereocenters. The number of rotatable bonds is 8. The highest BCUT2D eigenvalue weighted by Crippen LogP contribution is 2.17. The Bertz CT molecular complexity index is 658. The molecule has 1 heterocycles. The molecule has 0 aliphatic carbocycles. The number of piperazine rings is 1. The maximum atomic E-state index is 13.1. The van der Waals surface area contributed by atoms with Crippen LogP contribution in [0.3, 0.4) is 0 Å². The fraction of sp³-hybridized carbons (Fsp3) is 0.588. The summed E-state index contributed by atoms with van der Waals surface area (Å²) in [5.41, 5.74) is 0. The summed E-state index contributed by atoms with van der Waals surface area (Å²) in [6.07, 6.45) is 2.53. The lowest BCUT2D eigenvalue weighted by atomic mass is 10.2. The molecule has 0 atom stereocenters. The van der Waals surface area contributed by atoms with Crippen molar-refractivity contribution >= 4 is 15.9 Å². The van der Waals surface area contributed by atoms with Crippen LogP contribution in [0.5, 0.6) is 0 Å². The van der Waals surface area contributed by atoms with Gasteiger partial charge in [-0.15, -0.1) is 0 Å². The largest absolute Gasteiger partial charge is 0.339 e. The Kier molecular flexibility index (Phi) is 7.34. The Balaban J connectivity index is 2.15. The Morgan fingerprint density at radius 1 is 1.20 bits per heavy atom. The Hall–Kier alpha value is -1.51. The molecule has 1 amide bonds. The molecule has 0 bridgehead atoms. The van der Waals surface area contributed by atoms with Crippen molar-refractivity contribution in [3.8, 4) is 0 Å². The van der Waals surface area contributed by atoms with Crippen LogP contribution in [0.15, 0.2) is 29.2 Å². The van der Waals surface area contributed by atoms with Crippen LogP contribution in [0.4, 0.5) is 4.39 Å². The van der Waals surface area contributed by atoms with Gasteiger partial charge in [-0.25, -0.2) is 12.8 Å². The standard InChI is InChI=1S/C17H26FN3O3S/c1-2-3-4-11-21(14-17(22)20-12-9-19-10-13-20)25(23,24)16-7-5-15(18)6-8-16/h5-8,19H,2-4,9-14H2,1H3. The van der Waals surface area contributed by atoms with E-state index in [1.54, 1.807) is 4.90 Å². The number of amides is 1. The minimum Gasteiger partial charge on any atom is -0.339 e. The minimum absolute atomic E-state index is 0.0125. The van der Waals surface area contributed by atoms with Crippen molar-refractivity contribution in [1.82, 2.24) is 14.5 Å². The molecule has 1 aromatic carbocycles. The third kappa shape index (κ3) is 5.49. The fourth-order valence-corrected chi connectivity index (χ4v) is 4.17. The Morgan fingerprint density at radius 2 is 1.84 bits per heavy atom. The number of halogens is 1. The van der Waals surface area contributed by atoms with Crippen LogP contribution in [-0.4, -0.2) is 62.8 Å². The number of carbonyl (C=O) groups is 1. The zero-order valence-corrected chi connectivity index (χ0v) is 15.4. The normalized spacial score (nSPS) is 15.6. The zero-order chi connectivity index (χ0) is 18.3. The van der Waals surface area contributed by atoms with Gasteiger partial charge >= 0.3 is 0 Å². The van der Waals surface area contributed by atoms with Gasteiger partial charge in [-0.3, -0.25) is 4.79 Å². The molecule has 1 aromatic rings. The van der Waals surface area contributed by atoms with Crippen LogP contribution in [0.25, 0.3) is 0 Å². The molecule has 0 aromatic heterocycles. The van der Waals surface area contributed by atoms with Crippen molar-refractivity contribution in [3.63, 3.8) is 0 Å². The molecular formula is C17H26FN3O3S. The molecule has 0 spiro atoms. The first-order chi connectivity index (χ1) is 11.9. The molecule has 140 valence electrons. The molecule has 8 heteroatoms. The van der Waals surface area contributed by atoms with Gasteiger partial charge in [0.05, 0.1) is 11.4 Å². The minimum atomic E-state index is -3.83. The predicted molar refractivity (Wildman–Crippen MR) is 94.1 cm³/mol. The van der Waals surface area contributed by atoms with Crippen molar-refractivity contribution in [1.29, 1.82) is 0 Å². The fourth-order valence-electron chi connectivity index (χ4n) is 2.74. The first-order valence-electron chi connectivity index (χ1n) is 8.69. The Morgan fingerprint density at radius 3 is 2.44 bits per heavy atom. The number of hydrogen-bond donors (Lipinski definition) is 1. The molecule has 6 nitrogen and oxygen atoms in total. The molecule has 1 saturated heterocycles. The highest BCUT2D eigenvalue weighted by molar-refractivity contribution is 7.89. The van der Waals surface area contributed by atoms with Gasteiger partial charge in [0.2, 0.25) is 15.9 Å². The lowest BCUT2D eigenvalue weighted by Crippen LogP contribution is -2.50. The lowest BCUT2D eigenvalue weighted by Gasteiger charge is -2.30. The van der Waals surface area contributed by atoms with Gasteiger partial charge < -0.3 is 10.2 Å². The maximum Gasteiger partial charge on any atom is 0.243 e. The van der Waals surface area contributed by atoms with Gasteiger partial charge in [-0.2, -0.15) is 4.31 Å². The Labute approximate surface area is 149 Å². The second-order valence-corrected chi connectivity index (χ2v) is 8.07. The third-order valence-corrected chi connectivity index (χ3v) is 6.10. The molecule has 0 radical (unpaired) electrons. The average Bonchev–Trinajstić information content (AvgIpc) is 2.62. The molecule has 2 rings (SSSR count). The lowest BCUT2D eigenvalue weighted by molar-refractivity contribution is -0.131.